The Morgan fingerprint density at radius 3 is 2.69 bits per heavy atom. The van der Waals surface area contributed by atoms with Crippen LogP contribution in [0.2, 0.25) is 0 Å². The number of fused-ring (bicyclic) bond motifs is 3. The summed E-state index contributed by atoms with van der Waals surface area (Å²) < 4.78 is 4.72. The van der Waals surface area contributed by atoms with Crippen molar-refractivity contribution >= 4 is 6.47 Å². The lowest BCUT2D eigenvalue weighted by Gasteiger charge is -2.02. The van der Waals surface area contributed by atoms with Gasteiger partial charge in [-0.15, -0.1) is 0 Å². The molecule has 0 heterocycles. The van der Waals surface area contributed by atoms with Gasteiger partial charge in [0.1, 0.15) is 5.75 Å². The van der Waals surface area contributed by atoms with E-state index in [1.54, 1.807) is 6.07 Å². The molecule has 0 N–H and O–H groups in total. The molecule has 0 saturated carbocycles. The number of hydrogen-bond donors (Lipinski definition) is 0. The van der Waals surface area contributed by atoms with Crippen LogP contribution in [0.5, 0.6) is 5.75 Å². The maximum absolute atomic E-state index is 10.1. The van der Waals surface area contributed by atoms with Crippen LogP contribution in [0, 0.1) is 0 Å². The standard InChI is InChI=1S/C14H9O2/c15-9-16-12-5-6-14-11(8-12)7-10-3-1-2-4-13(10)14/h1-6,8H,7H2. The van der Waals surface area contributed by atoms with Crippen molar-refractivity contribution in [1.82, 2.24) is 0 Å². The smallest absolute Gasteiger partial charge is 0.418 e. The number of hydrogen-bond acceptors (Lipinski definition) is 2. The Balaban J connectivity index is 2.10. The van der Waals surface area contributed by atoms with Gasteiger partial charge in [-0.25, -0.2) is 4.79 Å². The lowest BCUT2D eigenvalue weighted by atomic mass is 10.1. The van der Waals surface area contributed by atoms with E-state index in [2.05, 4.69) is 12.1 Å². The van der Waals surface area contributed by atoms with Gasteiger partial charge in [0.15, 0.2) is 0 Å². The molecule has 0 fully saturated rings. The molecule has 0 atom stereocenters. The van der Waals surface area contributed by atoms with Gasteiger partial charge in [-0.1, -0.05) is 30.3 Å². The van der Waals surface area contributed by atoms with Crippen LogP contribution in [0.1, 0.15) is 11.1 Å². The molecule has 2 nitrogen and oxygen atoms in total. The quantitative estimate of drug-likeness (QED) is 0.648. The molecule has 0 bridgehead atoms. The van der Waals surface area contributed by atoms with Gasteiger partial charge < -0.3 is 4.74 Å². The summed E-state index contributed by atoms with van der Waals surface area (Å²) in [5.41, 5.74) is 5.03. The van der Waals surface area contributed by atoms with E-state index >= 15 is 0 Å². The summed E-state index contributed by atoms with van der Waals surface area (Å²) in [5, 5.41) is 0. The lowest BCUT2D eigenvalue weighted by Crippen LogP contribution is -1.89. The molecule has 2 heteroatoms. The molecule has 0 unspecified atom stereocenters. The first-order valence-corrected chi connectivity index (χ1v) is 5.13. The topological polar surface area (TPSA) is 26.3 Å². The van der Waals surface area contributed by atoms with E-state index in [4.69, 9.17) is 4.74 Å². The van der Waals surface area contributed by atoms with Crippen molar-refractivity contribution in [1.29, 1.82) is 0 Å². The van der Waals surface area contributed by atoms with Crippen LogP contribution in [-0.4, -0.2) is 6.47 Å². The predicted molar refractivity (Wildman–Crippen MR) is 61.0 cm³/mol. The number of benzene rings is 2. The summed E-state index contributed by atoms with van der Waals surface area (Å²) in [4.78, 5) is 10.1. The van der Waals surface area contributed by atoms with Crippen LogP contribution >= 0.6 is 0 Å². The van der Waals surface area contributed by atoms with E-state index < -0.39 is 0 Å². The average Bonchev–Trinajstić information content (AvgIpc) is 2.67. The Morgan fingerprint density at radius 2 is 1.81 bits per heavy atom. The van der Waals surface area contributed by atoms with Gasteiger partial charge in [0.05, 0.1) is 0 Å². The molecule has 0 aromatic heterocycles. The fraction of sp³-hybridized carbons (Fsp3) is 0.0714. The van der Waals surface area contributed by atoms with Crippen molar-refractivity contribution in [3.05, 3.63) is 53.6 Å². The lowest BCUT2D eigenvalue weighted by molar-refractivity contribution is 0.442. The first kappa shape index (κ1) is 9.16. The highest BCUT2D eigenvalue weighted by atomic mass is 16.5. The van der Waals surface area contributed by atoms with Crippen molar-refractivity contribution < 1.29 is 9.53 Å². The van der Waals surface area contributed by atoms with Crippen LogP contribution < -0.4 is 4.74 Å². The van der Waals surface area contributed by atoms with Gasteiger partial charge >= 0.3 is 6.47 Å². The zero-order valence-corrected chi connectivity index (χ0v) is 8.57. The third kappa shape index (κ3) is 1.31. The zero-order chi connectivity index (χ0) is 11.0. The van der Waals surface area contributed by atoms with Crippen molar-refractivity contribution in [2.45, 2.75) is 6.42 Å². The molecule has 3 rings (SSSR count). The highest BCUT2D eigenvalue weighted by Crippen LogP contribution is 2.37. The maximum Gasteiger partial charge on any atom is 0.423 e. The highest BCUT2D eigenvalue weighted by molar-refractivity contribution is 5.77. The van der Waals surface area contributed by atoms with Crippen LogP contribution in [0.4, 0.5) is 0 Å². The zero-order valence-electron chi connectivity index (χ0n) is 8.57. The van der Waals surface area contributed by atoms with Gasteiger partial charge in [0.25, 0.3) is 0 Å². The van der Waals surface area contributed by atoms with Gasteiger partial charge in [-0.2, -0.15) is 0 Å². The number of rotatable bonds is 2. The second-order valence-corrected chi connectivity index (χ2v) is 3.84. The van der Waals surface area contributed by atoms with E-state index in [9.17, 15) is 4.79 Å². The van der Waals surface area contributed by atoms with Crippen molar-refractivity contribution in [3.8, 4) is 16.9 Å². The second kappa shape index (κ2) is 3.49. The monoisotopic (exact) mass is 209 g/mol. The summed E-state index contributed by atoms with van der Waals surface area (Å²) in [6.45, 7) is 1.45. The van der Waals surface area contributed by atoms with E-state index in [-0.39, 0.29) is 0 Å². The van der Waals surface area contributed by atoms with Gasteiger partial charge in [-0.3, -0.25) is 0 Å². The minimum Gasteiger partial charge on any atom is -0.418 e. The molecule has 0 amide bonds. The number of carbonyl (C=O) groups excluding carboxylic acids is 1. The van der Waals surface area contributed by atoms with Crippen LogP contribution in [0.25, 0.3) is 11.1 Å². The Morgan fingerprint density at radius 1 is 1.00 bits per heavy atom. The molecule has 0 aliphatic heterocycles. The first-order valence-electron chi connectivity index (χ1n) is 5.13. The summed E-state index contributed by atoms with van der Waals surface area (Å²) in [7, 11) is 0. The second-order valence-electron chi connectivity index (χ2n) is 3.84. The summed E-state index contributed by atoms with van der Waals surface area (Å²) in [6.07, 6.45) is 0.904. The molecular weight excluding hydrogens is 200 g/mol. The highest BCUT2D eigenvalue weighted by Gasteiger charge is 2.17. The largest absolute Gasteiger partial charge is 0.423 e. The van der Waals surface area contributed by atoms with E-state index in [1.807, 2.05) is 24.3 Å². The SMILES string of the molecule is O=[C]Oc1ccc2c(c1)Cc1ccccc1-2. The molecule has 1 radical (unpaired) electrons. The fourth-order valence-corrected chi connectivity index (χ4v) is 2.23. The Bertz CT molecular complexity index is 558. The molecule has 77 valence electrons. The fourth-order valence-electron chi connectivity index (χ4n) is 2.23. The Hall–Kier alpha value is -2.09. The molecule has 1 aliphatic rings. The number of ether oxygens (including phenoxy) is 1. The minimum absolute atomic E-state index is 0.557. The Labute approximate surface area is 93.5 Å². The van der Waals surface area contributed by atoms with Crippen molar-refractivity contribution in [2.24, 2.45) is 0 Å². The molecule has 2 aromatic carbocycles. The van der Waals surface area contributed by atoms with Gasteiger partial charge in [-0.05, 0) is 40.8 Å². The van der Waals surface area contributed by atoms with Crippen LogP contribution in [-0.2, 0) is 11.2 Å². The predicted octanol–water partition coefficient (Wildman–Crippen LogP) is 2.70. The normalized spacial score (nSPS) is 11.8. The molecule has 0 spiro atoms. The minimum atomic E-state index is 0.557. The van der Waals surface area contributed by atoms with Gasteiger partial charge in [0.2, 0.25) is 0 Å². The third-order valence-electron chi connectivity index (χ3n) is 2.92. The van der Waals surface area contributed by atoms with Gasteiger partial charge in [0, 0.05) is 0 Å². The summed E-state index contributed by atoms with van der Waals surface area (Å²) in [5.74, 6) is 0.557. The van der Waals surface area contributed by atoms with E-state index in [1.165, 1.54) is 28.7 Å². The molecule has 1 aliphatic carbocycles. The summed E-state index contributed by atoms with van der Waals surface area (Å²) in [6, 6.07) is 14.0. The molecular formula is C14H9O2. The van der Waals surface area contributed by atoms with E-state index in [0.29, 0.717) is 5.75 Å². The maximum atomic E-state index is 10.1. The third-order valence-corrected chi connectivity index (χ3v) is 2.92. The van der Waals surface area contributed by atoms with Crippen LogP contribution in [0.15, 0.2) is 42.5 Å². The summed E-state index contributed by atoms with van der Waals surface area (Å²) >= 11 is 0. The van der Waals surface area contributed by atoms with Crippen LogP contribution in [0.3, 0.4) is 0 Å². The first-order chi connectivity index (χ1) is 7.88. The molecule has 0 saturated heterocycles. The van der Waals surface area contributed by atoms with E-state index in [0.717, 1.165) is 6.42 Å². The van der Waals surface area contributed by atoms with Crippen molar-refractivity contribution in [2.75, 3.05) is 0 Å². The average molecular weight is 209 g/mol. The van der Waals surface area contributed by atoms with Crippen molar-refractivity contribution in [3.63, 3.8) is 0 Å². The Kier molecular flexibility index (Phi) is 2.00. The molecule has 16 heavy (non-hydrogen) atoms. The molecule has 2 aromatic rings.